The van der Waals surface area contributed by atoms with Crippen molar-refractivity contribution in [1.82, 2.24) is 0 Å². The number of carbonyl (C=O) groups is 2. The number of anilines is 2. The van der Waals surface area contributed by atoms with Gasteiger partial charge in [-0.25, -0.2) is 9.96 Å². The number of fused-ring (bicyclic) bond motifs is 1. The number of halogens is 1. The van der Waals surface area contributed by atoms with E-state index in [2.05, 4.69) is 0 Å². The van der Waals surface area contributed by atoms with Gasteiger partial charge in [0.05, 0.1) is 17.4 Å². The minimum Gasteiger partial charge on any atom is -0.273 e. The van der Waals surface area contributed by atoms with E-state index in [4.69, 9.17) is 16.4 Å². The Bertz CT molecular complexity index is 1120. The number of amides is 2. The van der Waals surface area contributed by atoms with Crippen LogP contribution >= 0.6 is 11.6 Å². The van der Waals surface area contributed by atoms with E-state index >= 15 is 0 Å². The minimum atomic E-state index is -0.903. The zero-order valence-electron chi connectivity index (χ0n) is 16.2. The van der Waals surface area contributed by atoms with Gasteiger partial charge in [-0.15, -0.1) is 0 Å². The van der Waals surface area contributed by atoms with Crippen molar-refractivity contribution in [2.75, 3.05) is 9.96 Å². The number of nitrogens with zero attached hydrogens (tertiary/aromatic N) is 2. The van der Waals surface area contributed by atoms with Gasteiger partial charge in [-0.2, -0.15) is 0 Å². The molecule has 3 aromatic carbocycles. The molecule has 3 atom stereocenters. The summed E-state index contributed by atoms with van der Waals surface area (Å²) < 4.78 is 0. The molecule has 2 amide bonds. The molecule has 3 aromatic rings. The van der Waals surface area contributed by atoms with E-state index < -0.39 is 18.1 Å². The Morgan fingerprint density at radius 1 is 0.800 bits per heavy atom. The van der Waals surface area contributed by atoms with Crippen LogP contribution in [0.1, 0.15) is 17.2 Å². The molecule has 0 spiro atoms. The van der Waals surface area contributed by atoms with Gasteiger partial charge in [-0.1, -0.05) is 65.7 Å². The molecule has 0 unspecified atom stereocenters. The Kier molecular flexibility index (Phi) is 4.57. The van der Waals surface area contributed by atoms with Crippen LogP contribution in [0.4, 0.5) is 11.4 Å². The molecule has 2 aliphatic rings. The van der Waals surface area contributed by atoms with E-state index in [1.807, 2.05) is 67.6 Å². The van der Waals surface area contributed by atoms with Crippen molar-refractivity contribution >= 4 is 34.8 Å². The first-order chi connectivity index (χ1) is 14.6. The smallest absolute Gasteiger partial charge is 0.266 e. The fourth-order valence-corrected chi connectivity index (χ4v) is 4.44. The van der Waals surface area contributed by atoms with Crippen molar-refractivity contribution in [3.05, 3.63) is 95.0 Å². The summed E-state index contributed by atoms with van der Waals surface area (Å²) in [5.41, 5.74) is 3.12. The lowest BCUT2D eigenvalue weighted by Crippen LogP contribution is -2.37. The van der Waals surface area contributed by atoms with Gasteiger partial charge >= 0.3 is 0 Å². The number of hydroxylamine groups is 1. The maximum atomic E-state index is 13.5. The molecule has 0 saturated carbocycles. The van der Waals surface area contributed by atoms with Gasteiger partial charge in [0.15, 0.2) is 6.10 Å². The second kappa shape index (κ2) is 7.27. The Balaban J connectivity index is 1.60. The second-order valence-electron chi connectivity index (χ2n) is 7.53. The molecular formula is C24H19ClN2O3. The summed E-state index contributed by atoms with van der Waals surface area (Å²) in [6.07, 6.45) is -0.903. The van der Waals surface area contributed by atoms with Crippen molar-refractivity contribution in [2.24, 2.45) is 5.92 Å². The monoisotopic (exact) mass is 418 g/mol. The van der Waals surface area contributed by atoms with Gasteiger partial charge in [-0.3, -0.25) is 14.4 Å². The van der Waals surface area contributed by atoms with Crippen LogP contribution in [0.5, 0.6) is 0 Å². The third kappa shape index (κ3) is 2.90. The van der Waals surface area contributed by atoms with Crippen molar-refractivity contribution in [3.8, 4) is 0 Å². The molecule has 30 heavy (non-hydrogen) atoms. The molecule has 0 radical (unpaired) electrons. The molecule has 150 valence electrons. The lowest BCUT2D eigenvalue weighted by atomic mass is 9.90. The Morgan fingerprint density at radius 3 is 2.17 bits per heavy atom. The minimum absolute atomic E-state index is 0.280. The third-order valence-corrected chi connectivity index (χ3v) is 5.99. The Morgan fingerprint density at radius 2 is 1.47 bits per heavy atom. The molecule has 6 heteroatoms. The highest BCUT2D eigenvalue weighted by Gasteiger charge is 2.60. The van der Waals surface area contributed by atoms with Crippen LogP contribution in [0.15, 0.2) is 78.9 Å². The summed E-state index contributed by atoms with van der Waals surface area (Å²) in [7, 11) is 0. The predicted octanol–water partition coefficient (Wildman–Crippen LogP) is 4.70. The quantitative estimate of drug-likeness (QED) is 0.578. The van der Waals surface area contributed by atoms with Crippen LogP contribution in [0.3, 0.4) is 0 Å². The summed E-state index contributed by atoms with van der Waals surface area (Å²) in [5.74, 6) is -1.33. The highest BCUT2D eigenvalue weighted by Crippen LogP contribution is 2.48. The molecular weight excluding hydrogens is 400 g/mol. The summed E-state index contributed by atoms with van der Waals surface area (Å²) in [6, 6.07) is 23.6. The van der Waals surface area contributed by atoms with E-state index in [-0.39, 0.29) is 11.8 Å². The summed E-state index contributed by atoms with van der Waals surface area (Å²) in [5, 5.41) is 2.18. The van der Waals surface area contributed by atoms with Gasteiger partial charge < -0.3 is 0 Å². The zero-order valence-corrected chi connectivity index (χ0v) is 17.0. The average molecular weight is 419 g/mol. The average Bonchev–Trinajstić information content (AvgIpc) is 3.26. The molecule has 0 aliphatic carbocycles. The number of aryl methyl sites for hydroxylation is 1. The summed E-state index contributed by atoms with van der Waals surface area (Å²) in [6.45, 7) is 1.96. The second-order valence-corrected chi connectivity index (χ2v) is 7.93. The fourth-order valence-electron chi connectivity index (χ4n) is 4.19. The van der Waals surface area contributed by atoms with Gasteiger partial charge in [0.25, 0.3) is 5.91 Å². The standard InChI is InChI=1S/C24H19ClN2O3/c1-15-11-13-16(14-12-15)26-23(28)20-21(18-9-5-6-10-19(18)25)27(30-22(20)24(26)29)17-7-3-2-4-8-17/h2-14,20-22H,1H3/t20-,21+,22+/m1/s1. The van der Waals surface area contributed by atoms with Gasteiger partial charge in [0.1, 0.15) is 5.92 Å². The van der Waals surface area contributed by atoms with Gasteiger partial charge in [0.2, 0.25) is 5.91 Å². The number of imide groups is 1. The lowest BCUT2D eigenvalue weighted by molar-refractivity contribution is -0.126. The summed E-state index contributed by atoms with van der Waals surface area (Å²) >= 11 is 6.51. The molecule has 5 nitrogen and oxygen atoms in total. The van der Waals surface area contributed by atoms with Gasteiger partial charge in [-0.05, 0) is 42.8 Å². The molecule has 2 saturated heterocycles. The maximum absolute atomic E-state index is 13.5. The molecule has 0 aromatic heterocycles. The number of benzene rings is 3. The van der Waals surface area contributed by atoms with Crippen LogP contribution in [0, 0.1) is 12.8 Å². The van der Waals surface area contributed by atoms with Crippen molar-refractivity contribution in [1.29, 1.82) is 0 Å². The first kappa shape index (κ1) is 18.9. The molecule has 5 rings (SSSR count). The van der Waals surface area contributed by atoms with Gasteiger partial charge in [0, 0.05) is 5.02 Å². The first-order valence-electron chi connectivity index (χ1n) is 9.76. The van der Waals surface area contributed by atoms with Crippen LogP contribution in [0.25, 0.3) is 0 Å². The SMILES string of the molecule is Cc1ccc(N2C(=O)[C@H]3[C@H](ON(c4ccccc4)[C@H]3c3ccccc3Cl)C2=O)cc1. The van der Waals surface area contributed by atoms with Crippen LogP contribution in [-0.4, -0.2) is 17.9 Å². The van der Waals surface area contributed by atoms with Crippen LogP contribution < -0.4 is 9.96 Å². The molecule has 0 bridgehead atoms. The number of hydrogen-bond donors (Lipinski definition) is 0. The normalized spacial score (nSPS) is 23.2. The topological polar surface area (TPSA) is 49.9 Å². The highest BCUT2D eigenvalue weighted by atomic mass is 35.5. The van der Waals surface area contributed by atoms with Crippen molar-refractivity contribution in [2.45, 2.75) is 19.1 Å². The van der Waals surface area contributed by atoms with Crippen molar-refractivity contribution in [3.63, 3.8) is 0 Å². The zero-order chi connectivity index (χ0) is 20.8. The van der Waals surface area contributed by atoms with Crippen LogP contribution in [-0.2, 0) is 14.4 Å². The number of rotatable bonds is 3. The van der Waals surface area contributed by atoms with Crippen LogP contribution in [0.2, 0.25) is 5.02 Å². The number of hydrogen-bond acceptors (Lipinski definition) is 4. The first-order valence-corrected chi connectivity index (χ1v) is 10.1. The van der Waals surface area contributed by atoms with E-state index in [1.165, 1.54) is 4.90 Å². The largest absolute Gasteiger partial charge is 0.273 e. The van der Waals surface area contributed by atoms with Crippen molar-refractivity contribution < 1.29 is 14.4 Å². The summed E-state index contributed by atoms with van der Waals surface area (Å²) in [4.78, 5) is 34.1. The molecule has 2 heterocycles. The Labute approximate surface area is 179 Å². The molecule has 2 fully saturated rings. The van der Waals surface area contributed by atoms with E-state index in [1.54, 1.807) is 23.3 Å². The lowest BCUT2D eigenvalue weighted by Gasteiger charge is -2.29. The highest BCUT2D eigenvalue weighted by molar-refractivity contribution is 6.31. The number of para-hydroxylation sites is 1. The third-order valence-electron chi connectivity index (χ3n) is 5.64. The number of carbonyl (C=O) groups excluding carboxylic acids is 2. The van der Waals surface area contributed by atoms with E-state index in [9.17, 15) is 9.59 Å². The maximum Gasteiger partial charge on any atom is 0.266 e. The van der Waals surface area contributed by atoms with E-state index in [0.29, 0.717) is 10.7 Å². The fraction of sp³-hybridized carbons (Fsp3) is 0.167. The predicted molar refractivity (Wildman–Crippen MR) is 115 cm³/mol. The Hall–Kier alpha value is -3.15. The molecule has 0 N–H and O–H groups in total. The van der Waals surface area contributed by atoms with E-state index in [0.717, 1.165) is 16.8 Å². The molecule has 2 aliphatic heterocycles.